The van der Waals surface area contributed by atoms with Crippen molar-refractivity contribution >= 4 is 5.91 Å². The molecule has 3 nitrogen and oxygen atoms in total. The zero-order valence-electron chi connectivity index (χ0n) is 8.97. The molecule has 16 heavy (non-hydrogen) atoms. The molecular weight excluding hydrogens is 214 g/mol. The van der Waals surface area contributed by atoms with Crippen LogP contribution in [0.4, 0.5) is 8.78 Å². The molecule has 0 aromatic heterocycles. The van der Waals surface area contributed by atoms with E-state index in [-0.39, 0.29) is 6.54 Å². The summed E-state index contributed by atoms with van der Waals surface area (Å²) in [6.45, 7) is 2.09. The third-order valence-corrected chi connectivity index (χ3v) is 2.29. The summed E-state index contributed by atoms with van der Waals surface area (Å²) in [7, 11) is 0. The number of carbonyl (C=O) groups excluding carboxylic acids is 1. The maximum absolute atomic E-state index is 12.8. The number of amides is 1. The Balaban J connectivity index is 2.60. The molecule has 0 radical (unpaired) electrons. The predicted molar refractivity (Wildman–Crippen MR) is 56.5 cm³/mol. The second kappa shape index (κ2) is 5.55. The lowest BCUT2D eigenvalue weighted by Gasteiger charge is -2.13. The minimum Gasteiger partial charge on any atom is -0.368 e. The van der Waals surface area contributed by atoms with Gasteiger partial charge in [0.25, 0.3) is 0 Å². The maximum atomic E-state index is 12.8. The van der Waals surface area contributed by atoms with Gasteiger partial charge in [0.05, 0.1) is 6.04 Å². The topological polar surface area (TPSA) is 55.1 Å². The highest BCUT2D eigenvalue weighted by Crippen LogP contribution is 2.08. The van der Waals surface area contributed by atoms with Gasteiger partial charge in [-0.3, -0.25) is 4.79 Å². The van der Waals surface area contributed by atoms with Crippen LogP contribution in [0.3, 0.4) is 0 Å². The van der Waals surface area contributed by atoms with Gasteiger partial charge in [0.1, 0.15) is 0 Å². The second-order valence-corrected chi connectivity index (χ2v) is 3.49. The summed E-state index contributed by atoms with van der Waals surface area (Å²) in [5.74, 6) is -2.23. The summed E-state index contributed by atoms with van der Waals surface area (Å²) in [5, 5.41) is 2.87. The van der Waals surface area contributed by atoms with Crippen molar-refractivity contribution in [3.63, 3.8) is 0 Å². The highest BCUT2D eigenvalue weighted by molar-refractivity contribution is 5.79. The van der Waals surface area contributed by atoms with Crippen LogP contribution in [-0.2, 0) is 11.3 Å². The number of hydrogen-bond acceptors (Lipinski definition) is 2. The summed E-state index contributed by atoms with van der Waals surface area (Å²) >= 11 is 0. The minimum absolute atomic E-state index is 0.276. The molecular formula is C11H14F2N2O. The smallest absolute Gasteiger partial charge is 0.234 e. The van der Waals surface area contributed by atoms with Gasteiger partial charge in [-0.15, -0.1) is 0 Å². The normalized spacial score (nSPS) is 12.4. The molecule has 0 spiro atoms. The van der Waals surface area contributed by atoms with E-state index in [2.05, 4.69) is 5.32 Å². The monoisotopic (exact) mass is 228 g/mol. The van der Waals surface area contributed by atoms with Gasteiger partial charge in [0, 0.05) is 6.54 Å². The fourth-order valence-corrected chi connectivity index (χ4v) is 1.34. The predicted octanol–water partition coefficient (Wildman–Crippen LogP) is 1.32. The van der Waals surface area contributed by atoms with Crippen molar-refractivity contribution in [2.75, 3.05) is 0 Å². The van der Waals surface area contributed by atoms with E-state index in [9.17, 15) is 13.6 Å². The number of nitrogens with two attached hydrogens (primary N) is 1. The van der Waals surface area contributed by atoms with E-state index in [1.807, 2.05) is 6.92 Å². The molecule has 0 saturated carbocycles. The first-order chi connectivity index (χ1) is 7.54. The lowest BCUT2D eigenvalue weighted by molar-refractivity contribution is -0.120. The summed E-state index contributed by atoms with van der Waals surface area (Å²) in [5.41, 5.74) is 5.70. The maximum Gasteiger partial charge on any atom is 0.234 e. The van der Waals surface area contributed by atoms with Crippen LogP contribution in [0.2, 0.25) is 0 Å². The molecule has 1 aromatic carbocycles. The summed E-state index contributed by atoms with van der Waals surface area (Å²) in [6.07, 6.45) is 0.555. The zero-order chi connectivity index (χ0) is 12.1. The zero-order valence-corrected chi connectivity index (χ0v) is 8.97. The Morgan fingerprint density at radius 3 is 2.62 bits per heavy atom. The van der Waals surface area contributed by atoms with Gasteiger partial charge < -0.3 is 11.1 Å². The molecule has 0 heterocycles. The highest BCUT2D eigenvalue weighted by Gasteiger charge is 2.11. The van der Waals surface area contributed by atoms with Gasteiger partial charge in [-0.2, -0.15) is 0 Å². The van der Waals surface area contributed by atoms with Crippen molar-refractivity contribution in [3.8, 4) is 0 Å². The van der Waals surface area contributed by atoms with Crippen LogP contribution < -0.4 is 11.1 Å². The lowest BCUT2D eigenvalue weighted by atomic mass is 10.1. The van der Waals surface area contributed by atoms with Gasteiger partial charge in [-0.1, -0.05) is 13.0 Å². The summed E-state index contributed by atoms with van der Waals surface area (Å²) < 4.78 is 25.5. The van der Waals surface area contributed by atoms with Crippen LogP contribution >= 0.6 is 0 Å². The van der Waals surface area contributed by atoms with Crippen LogP contribution in [0, 0.1) is 11.6 Å². The number of benzene rings is 1. The highest BCUT2D eigenvalue weighted by atomic mass is 19.2. The molecule has 0 saturated heterocycles. The molecule has 0 bridgehead atoms. The number of halogens is 2. The van der Waals surface area contributed by atoms with Crippen LogP contribution in [0.5, 0.6) is 0 Å². The molecule has 1 rings (SSSR count). The van der Waals surface area contributed by atoms with Crippen LogP contribution in [0.1, 0.15) is 18.9 Å². The second-order valence-electron chi connectivity index (χ2n) is 3.49. The van der Waals surface area contributed by atoms with Crippen molar-refractivity contribution < 1.29 is 13.6 Å². The van der Waals surface area contributed by atoms with E-state index < -0.39 is 23.6 Å². The molecule has 1 atom stereocenters. The van der Waals surface area contributed by atoms with Crippen molar-refractivity contribution in [2.45, 2.75) is 25.9 Å². The standard InChI is InChI=1S/C11H14F2N2O/c1-2-10(11(14)16)15-6-7-3-4-8(12)9(13)5-7/h3-5,10,15H,2,6H2,1H3,(H2,14,16). The Bertz CT molecular complexity index is 382. The fourth-order valence-electron chi connectivity index (χ4n) is 1.34. The Morgan fingerprint density at radius 1 is 1.44 bits per heavy atom. The van der Waals surface area contributed by atoms with Gasteiger partial charge in [-0.25, -0.2) is 8.78 Å². The van der Waals surface area contributed by atoms with Crippen molar-refractivity contribution in [1.29, 1.82) is 0 Å². The lowest BCUT2D eigenvalue weighted by Crippen LogP contribution is -2.40. The first kappa shape index (κ1) is 12.6. The van der Waals surface area contributed by atoms with Crippen LogP contribution in [0.15, 0.2) is 18.2 Å². The average Bonchev–Trinajstić information content (AvgIpc) is 2.23. The van der Waals surface area contributed by atoms with Crippen LogP contribution in [0.25, 0.3) is 0 Å². The Hall–Kier alpha value is -1.49. The van der Waals surface area contributed by atoms with Gasteiger partial charge in [0.15, 0.2) is 11.6 Å². The molecule has 1 aromatic rings. The molecule has 5 heteroatoms. The molecule has 0 aliphatic carbocycles. The molecule has 0 aliphatic rings. The molecule has 1 amide bonds. The average molecular weight is 228 g/mol. The third-order valence-electron chi connectivity index (χ3n) is 2.29. The third kappa shape index (κ3) is 3.27. The Kier molecular flexibility index (Phi) is 4.37. The van der Waals surface area contributed by atoms with E-state index >= 15 is 0 Å². The van der Waals surface area contributed by atoms with E-state index in [1.54, 1.807) is 0 Å². The number of primary amides is 1. The molecule has 0 aliphatic heterocycles. The Morgan fingerprint density at radius 2 is 2.12 bits per heavy atom. The first-order valence-corrected chi connectivity index (χ1v) is 5.01. The van der Waals surface area contributed by atoms with Gasteiger partial charge >= 0.3 is 0 Å². The largest absolute Gasteiger partial charge is 0.368 e. The fraction of sp³-hybridized carbons (Fsp3) is 0.364. The summed E-state index contributed by atoms with van der Waals surface area (Å²) in [4.78, 5) is 10.9. The number of nitrogens with one attached hydrogen (secondary N) is 1. The van der Waals surface area contributed by atoms with Crippen LogP contribution in [-0.4, -0.2) is 11.9 Å². The van der Waals surface area contributed by atoms with E-state index in [1.165, 1.54) is 6.07 Å². The van der Waals surface area contributed by atoms with E-state index in [4.69, 9.17) is 5.73 Å². The van der Waals surface area contributed by atoms with Gasteiger partial charge in [-0.05, 0) is 24.1 Å². The number of hydrogen-bond donors (Lipinski definition) is 2. The van der Waals surface area contributed by atoms with Crippen molar-refractivity contribution in [3.05, 3.63) is 35.4 Å². The Labute approximate surface area is 92.6 Å². The molecule has 0 fully saturated rings. The van der Waals surface area contributed by atoms with E-state index in [0.717, 1.165) is 12.1 Å². The number of rotatable bonds is 5. The SMILES string of the molecule is CCC(NCc1ccc(F)c(F)c1)C(N)=O. The first-order valence-electron chi connectivity index (χ1n) is 5.01. The van der Waals surface area contributed by atoms with Crippen molar-refractivity contribution in [1.82, 2.24) is 5.32 Å². The number of carbonyl (C=O) groups is 1. The summed E-state index contributed by atoms with van der Waals surface area (Å²) in [6, 6.07) is 3.15. The van der Waals surface area contributed by atoms with Gasteiger partial charge in [0.2, 0.25) is 5.91 Å². The van der Waals surface area contributed by atoms with Crippen molar-refractivity contribution in [2.24, 2.45) is 5.73 Å². The quantitative estimate of drug-likeness (QED) is 0.798. The molecule has 1 unspecified atom stereocenters. The van der Waals surface area contributed by atoms with E-state index in [0.29, 0.717) is 12.0 Å². The molecule has 88 valence electrons. The minimum atomic E-state index is -0.897. The molecule has 3 N–H and O–H groups in total.